The van der Waals surface area contributed by atoms with Gasteiger partial charge >= 0.3 is 0 Å². The van der Waals surface area contributed by atoms with Gasteiger partial charge in [0, 0.05) is 12.1 Å². The molecule has 0 aromatic heterocycles. The molecule has 0 aromatic carbocycles. The number of aliphatic hydroxyl groups is 1. The highest BCUT2D eigenvalue weighted by atomic mass is 16.5. The van der Waals surface area contributed by atoms with E-state index in [4.69, 9.17) is 4.74 Å². The lowest BCUT2D eigenvalue weighted by Gasteiger charge is -2.41. The summed E-state index contributed by atoms with van der Waals surface area (Å²) in [6, 6.07) is 0.141. The zero-order chi connectivity index (χ0) is 14.8. The van der Waals surface area contributed by atoms with Gasteiger partial charge in [0.2, 0.25) is 0 Å². The van der Waals surface area contributed by atoms with E-state index in [-0.39, 0.29) is 23.9 Å². The standard InChI is InChI=1S/C15H27NO3/c1-10(2)13(17)15(8-7-9-19-15)14(18)16(11(3)4)12(5)6/h7-8,10-13,17H,9H2,1-6H3/t13-,15-/m0/s1. The molecule has 0 aromatic rings. The average Bonchev–Trinajstić information content (AvgIpc) is 2.76. The van der Waals surface area contributed by atoms with E-state index in [1.54, 1.807) is 11.0 Å². The Labute approximate surface area is 116 Å². The Morgan fingerprint density at radius 3 is 2.05 bits per heavy atom. The molecule has 0 unspecified atom stereocenters. The Hall–Kier alpha value is -0.870. The molecule has 0 saturated carbocycles. The lowest BCUT2D eigenvalue weighted by molar-refractivity contribution is -0.168. The van der Waals surface area contributed by atoms with Crippen LogP contribution in [0, 0.1) is 5.92 Å². The molecule has 0 spiro atoms. The first-order valence-electron chi connectivity index (χ1n) is 7.06. The molecule has 0 bridgehead atoms. The number of hydrogen-bond donors (Lipinski definition) is 1. The summed E-state index contributed by atoms with van der Waals surface area (Å²) in [6.07, 6.45) is 2.69. The molecule has 1 N–H and O–H groups in total. The molecule has 0 radical (unpaired) electrons. The van der Waals surface area contributed by atoms with Crippen molar-refractivity contribution in [3.63, 3.8) is 0 Å². The maximum atomic E-state index is 12.9. The van der Waals surface area contributed by atoms with Gasteiger partial charge in [-0.25, -0.2) is 0 Å². The summed E-state index contributed by atoms with van der Waals surface area (Å²) >= 11 is 0. The van der Waals surface area contributed by atoms with Gasteiger partial charge in [0.25, 0.3) is 5.91 Å². The monoisotopic (exact) mass is 269 g/mol. The van der Waals surface area contributed by atoms with Crippen LogP contribution in [0.3, 0.4) is 0 Å². The van der Waals surface area contributed by atoms with Crippen LogP contribution in [0.15, 0.2) is 12.2 Å². The van der Waals surface area contributed by atoms with E-state index in [2.05, 4.69) is 0 Å². The maximum absolute atomic E-state index is 12.9. The number of amides is 1. The number of nitrogens with zero attached hydrogens (tertiary/aromatic N) is 1. The molecule has 4 nitrogen and oxygen atoms in total. The van der Waals surface area contributed by atoms with Crippen molar-refractivity contribution in [1.29, 1.82) is 0 Å². The topological polar surface area (TPSA) is 49.8 Å². The lowest BCUT2D eigenvalue weighted by atomic mass is 9.87. The van der Waals surface area contributed by atoms with Crippen molar-refractivity contribution in [2.75, 3.05) is 6.61 Å². The number of carbonyl (C=O) groups excluding carboxylic acids is 1. The first-order valence-corrected chi connectivity index (χ1v) is 7.06. The lowest BCUT2D eigenvalue weighted by Crippen LogP contribution is -2.59. The minimum Gasteiger partial charge on any atom is -0.389 e. The van der Waals surface area contributed by atoms with Crippen LogP contribution in [0.5, 0.6) is 0 Å². The highest BCUT2D eigenvalue weighted by molar-refractivity contribution is 5.89. The smallest absolute Gasteiger partial charge is 0.262 e. The van der Waals surface area contributed by atoms with Crippen molar-refractivity contribution in [3.05, 3.63) is 12.2 Å². The van der Waals surface area contributed by atoms with E-state index >= 15 is 0 Å². The highest BCUT2D eigenvalue weighted by Gasteiger charge is 2.50. The molecule has 110 valence electrons. The van der Waals surface area contributed by atoms with E-state index in [1.165, 1.54) is 0 Å². The van der Waals surface area contributed by atoms with Crippen molar-refractivity contribution in [2.45, 2.75) is 65.3 Å². The zero-order valence-electron chi connectivity index (χ0n) is 12.9. The van der Waals surface area contributed by atoms with Crippen molar-refractivity contribution in [2.24, 2.45) is 5.92 Å². The molecule has 1 rings (SSSR count). The van der Waals surface area contributed by atoms with E-state index in [0.29, 0.717) is 6.61 Å². The van der Waals surface area contributed by atoms with Gasteiger partial charge in [-0.05, 0) is 39.7 Å². The van der Waals surface area contributed by atoms with E-state index in [0.717, 1.165) is 0 Å². The minimum absolute atomic E-state index is 0.0483. The third-order valence-electron chi connectivity index (χ3n) is 3.54. The summed E-state index contributed by atoms with van der Waals surface area (Å²) in [5.74, 6) is -0.194. The van der Waals surface area contributed by atoms with Crippen molar-refractivity contribution in [1.82, 2.24) is 4.90 Å². The molecule has 19 heavy (non-hydrogen) atoms. The molecule has 0 aliphatic carbocycles. The molecule has 1 heterocycles. The van der Waals surface area contributed by atoms with Crippen molar-refractivity contribution in [3.8, 4) is 0 Å². The first kappa shape index (κ1) is 16.2. The fraction of sp³-hybridized carbons (Fsp3) is 0.800. The molecule has 1 aliphatic heterocycles. The summed E-state index contributed by atoms with van der Waals surface area (Å²) in [4.78, 5) is 14.7. The summed E-state index contributed by atoms with van der Waals surface area (Å²) in [7, 11) is 0. The highest BCUT2D eigenvalue weighted by Crippen LogP contribution is 2.31. The second-order valence-electron chi connectivity index (χ2n) is 6.10. The van der Waals surface area contributed by atoms with Gasteiger partial charge in [-0.3, -0.25) is 4.79 Å². The first-order chi connectivity index (χ1) is 8.74. The summed E-state index contributed by atoms with van der Waals surface area (Å²) < 4.78 is 5.65. The average molecular weight is 269 g/mol. The predicted molar refractivity (Wildman–Crippen MR) is 75.8 cm³/mol. The molecule has 0 saturated heterocycles. The number of hydrogen-bond acceptors (Lipinski definition) is 3. The molecule has 0 fully saturated rings. The third kappa shape index (κ3) is 3.00. The number of ether oxygens (including phenoxy) is 1. The molecule has 4 heteroatoms. The van der Waals surface area contributed by atoms with Crippen LogP contribution < -0.4 is 0 Å². The Morgan fingerprint density at radius 1 is 1.21 bits per heavy atom. The van der Waals surface area contributed by atoms with Gasteiger partial charge in [-0.15, -0.1) is 0 Å². The minimum atomic E-state index is -1.22. The normalized spacial score (nSPS) is 24.5. The number of carbonyl (C=O) groups is 1. The van der Waals surface area contributed by atoms with E-state index in [9.17, 15) is 9.90 Å². The Bertz CT molecular complexity index is 341. The largest absolute Gasteiger partial charge is 0.389 e. The maximum Gasteiger partial charge on any atom is 0.262 e. The summed E-state index contributed by atoms with van der Waals surface area (Å²) in [6.45, 7) is 12.1. The van der Waals surface area contributed by atoms with Gasteiger partial charge in [-0.2, -0.15) is 0 Å². The Morgan fingerprint density at radius 2 is 1.74 bits per heavy atom. The molecular weight excluding hydrogens is 242 g/mol. The van der Waals surface area contributed by atoms with Gasteiger partial charge in [-0.1, -0.05) is 19.9 Å². The molecular formula is C15H27NO3. The van der Waals surface area contributed by atoms with Gasteiger partial charge in [0.05, 0.1) is 12.7 Å². The quantitative estimate of drug-likeness (QED) is 0.776. The Balaban J connectivity index is 3.12. The predicted octanol–water partition coefficient (Wildman–Crippen LogP) is 1.97. The van der Waals surface area contributed by atoms with Crippen molar-refractivity contribution < 1.29 is 14.6 Å². The van der Waals surface area contributed by atoms with Crippen LogP contribution in [0.1, 0.15) is 41.5 Å². The van der Waals surface area contributed by atoms with E-state index < -0.39 is 11.7 Å². The zero-order valence-corrected chi connectivity index (χ0v) is 12.9. The van der Waals surface area contributed by atoms with Gasteiger partial charge in [0.1, 0.15) is 0 Å². The van der Waals surface area contributed by atoms with Crippen LogP contribution in [0.25, 0.3) is 0 Å². The second-order valence-corrected chi connectivity index (χ2v) is 6.10. The fourth-order valence-corrected chi connectivity index (χ4v) is 2.66. The summed E-state index contributed by atoms with van der Waals surface area (Å²) in [5.41, 5.74) is -1.22. The van der Waals surface area contributed by atoms with Gasteiger partial charge < -0.3 is 14.7 Å². The molecule has 1 amide bonds. The van der Waals surface area contributed by atoms with Crippen LogP contribution in [-0.4, -0.2) is 46.3 Å². The SMILES string of the molecule is CC(C)[C@H](O)[C@]1(C(=O)N(C(C)C)C(C)C)C=CCO1. The fourth-order valence-electron chi connectivity index (χ4n) is 2.66. The second kappa shape index (κ2) is 6.06. The van der Waals surface area contributed by atoms with E-state index in [1.807, 2.05) is 47.6 Å². The van der Waals surface area contributed by atoms with Crippen LogP contribution >= 0.6 is 0 Å². The van der Waals surface area contributed by atoms with Crippen LogP contribution in [0.2, 0.25) is 0 Å². The molecule has 2 atom stereocenters. The molecule has 1 aliphatic rings. The van der Waals surface area contributed by atoms with Crippen molar-refractivity contribution >= 4 is 5.91 Å². The van der Waals surface area contributed by atoms with Crippen LogP contribution in [0.4, 0.5) is 0 Å². The summed E-state index contributed by atoms with van der Waals surface area (Å²) in [5, 5.41) is 10.4. The number of rotatable bonds is 5. The van der Waals surface area contributed by atoms with Crippen LogP contribution in [-0.2, 0) is 9.53 Å². The Kier molecular flexibility index (Phi) is 5.16. The van der Waals surface area contributed by atoms with Gasteiger partial charge in [0.15, 0.2) is 5.60 Å². The third-order valence-corrected chi connectivity index (χ3v) is 3.54. The number of aliphatic hydroxyl groups excluding tert-OH is 1.